The lowest BCUT2D eigenvalue weighted by Gasteiger charge is -2.20. The molecule has 2 amide bonds. The van der Waals surface area contributed by atoms with Gasteiger partial charge >= 0.3 is 12.1 Å². The molecule has 8 nitrogen and oxygen atoms in total. The summed E-state index contributed by atoms with van der Waals surface area (Å²) in [6.07, 6.45) is 1.44. The van der Waals surface area contributed by atoms with Crippen molar-refractivity contribution in [3.8, 4) is 0 Å². The summed E-state index contributed by atoms with van der Waals surface area (Å²) in [6, 6.07) is 8.73. The van der Waals surface area contributed by atoms with Gasteiger partial charge in [0.15, 0.2) is 0 Å². The van der Waals surface area contributed by atoms with E-state index < -0.39 is 12.1 Å². The number of nitrogens with zero attached hydrogens (tertiary/aromatic N) is 1. The maximum Gasteiger partial charge on any atom is 0.408 e. The largest absolute Gasteiger partial charge is 0.460 e. The van der Waals surface area contributed by atoms with Gasteiger partial charge in [-0.25, -0.2) is 14.6 Å². The van der Waals surface area contributed by atoms with Crippen LogP contribution in [-0.2, 0) is 20.9 Å². The minimum atomic E-state index is -0.663. The van der Waals surface area contributed by atoms with Crippen LogP contribution in [-0.4, -0.2) is 42.1 Å². The number of amides is 2. The number of carbonyl (C=O) groups is 3. The smallest absolute Gasteiger partial charge is 0.408 e. The topological polar surface area (TPSA) is 107 Å². The molecule has 1 unspecified atom stereocenters. The van der Waals surface area contributed by atoms with Crippen LogP contribution >= 0.6 is 11.3 Å². The highest BCUT2D eigenvalue weighted by molar-refractivity contribution is 7.11. The Bertz CT molecular complexity index is 961. The molecule has 36 heavy (non-hydrogen) atoms. The van der Waals surface area contributed by atoms with E-state index in [1.165, 1.54) is 11.3 Å². The van der Waals surface area contributed by atoms with Gasteiger partial charge in [0.1, 0.15) is 12.6 Å². The zero-order chi connectivity index (χ0) is 26.5. The van der Waals surface area contributed by atoms with Gasteiger partial charge in [-0.2, -0.15) is 0 Å². The molecule has 2 aromatic rings. The molecule has 0 radical (unpaired) electrons. The molecule has 0 aliphatic carbocycles. The molecule has 9 heteroatoms. The highest BCUT2D eigenvalue weighted by Crippen LogP contribution is 2.23. The van der Waals surface area contributed by atoms with E-state index >= 15 is 0 Å². The molecule has 0 aliphatic rings. The number of carbonyl (C=O) groups excluding carboxylic acids is 3. The van der Waals surface area contributed by atoms with Gasteiger partial charge in [0.2, 0.25) is 10.9 Å². The molecule has 2 atom stereocenters. The van der Waals surface area contributed by atoms with Gasteiger partial charge in [-0.05, 0) is 42.6 Å². The number of ether oxygens (including phenoxy) is 2. The van der Waals surface area contributed by atoms with Gasteiger partial charge in [0, 0.05) is 11.9 Å². The Labute approximate surface area is 218 Å². The van der Waals surface area contributed by atoms with Crippen molar-refractivity contribution in [2.24, 2.45) is 11.8 Å². The second kappa shape index (κ2) is 15.2. The SMILES string of the molecule is CC(C)COC(=O)c1nc(C(C)CCCNC(=O)[C@H](CC(C)C)NC(=O)OCc2ccccc2)cs1. The normalized spacial score (nSPS) is 12.8. The Morgan fingerprint density at radius 2 is 1.72 bits per heavy atom. The average molecular weight is 518 g/mol. The average Bonchev–Trinajstić information content (AvgIpc) is 3.34. The quantitative estimate of drug-likeness (QED) is 0.260. The molecule has 2 N–H and O–H groups in total. The summed E-state index contributed by atoms with van der Waals surface area (Å²) in [7, 11) is 0. The van der Waals surface area contributed by atoms with Crippen LogP contribution in [0.15, 0.2) is 35.7 Å². The van der Waals surface area contributed by atoms with Crippen LogP contribution < -0.4 is 10.6 Å². The van der Waals surface area contributed by atoms with Gasteiger partial charge in [0.25, 0.3) is 0 Å². The number of esters is 1. The number of aromatic nitrogens is 1. The third-order valence-corrected chi connectivity index (χ3v) is 6.23. The first-order chi connectivity index (χ1) is 17.2. The molecular formula is C27H39N3O5S. The predicted molar refractivity (Wildman–Crippen MR) is 141 cm³/mol. The maximum absolute atomic E-state index is 12.7. The van der Waals surface area contributed by atoms with Gasteiger partial charge in [-0.1, -0.05) is 65.0 Å². The van der Waals surface area contributed by atoms with Crippen LogP contribution in [0.5, 0.6) is 0 Å². The van der Waals surface area contributed by atoms with Crippen molar-refractivity contribution < 1.29 is 23.9 Å². The Hall–Kier alpha value is -2.94. The molecule has 198 valence electrons. The van der Waals surface area contributed by atoms with Gasteiger partial charge < -0.3 is 20.1 Å². The van der Waals surface area contributed by atoms with E-state index in [2.05, 4.69) is 15.6 Å². The lowest BCUT2D eigenvalue weighted by Crippen LogP contribution is -2.47. The second-order valence-corrected chi connectivity index (χ2v) is 10.7. The lowest BCUT2D eigenvalue weighted by atomic mass is 10.0. The molecule has 0 spiro atoms. The van der Waals surface area contributed by atoms with Crippen molar-refractivity contribution in [3.05, 3.63) is 52.0 Å². The predicted octanol–water partition coefficient (Wildman–Crippen LogP) is 5.30. The number of benzene rings is 1. The van der Waals surface area contributed by atoms with Crippen molar-refractivity contribution in [2.75, 3.05) is 13.2 Å². The summed E-state index contributed by atoms with van der Waals surface area (Å²) < 4.78 is 10.5. The number of hydrogen-bond acceptors (Lipinski definition) is 7. The van der Waals surface area contributed by atoms with Gasteiger partial charge in [-0.15, -0.1) is 11.3 Å². The first kappa shape index (κ1) is 29.3. The van der Waals surface area contributed by atoms with Crippen LogP contribution in [0, 0.1) is 11.8 Å². The molecule has 2 rings (SSSR count). The summed E-state index contributed by atoms with van der Waals surface area (Å²) in [6.45, 7) is 11.0. The summed E-state index contributed by atoms with van der Waals surface area (Å²) >= 11 is 1.29. The second-order valence-electron chi connectivity index (χ2n) is 9.79. The van der Waals surface area contributed by atoms with Gasteiger partial charge in [0.05, 0.1) is 12.3 Å². The lowest BCUT2D eigenvalue weighted by molar-refractivity contribution is -0.123. The monoisotopic (exact) mass is 517 g/mol. The minimum Gasteiger partial charge on any atom is -0.460 e. The summed E-state index contributed by atoms with van der Waals surface area (Å²) in [5, 5.41) is 7.88. The molecule has 0 bridgehead atoms. The number of thiazole rings is 1. The van der Waals surface area contributed by atoms with E-state index in [-0.39, 0.29) is 36.2 Å². The summed E-state index contributed by atoms with van der Waals surface area (Å²) in [5.41, 5.74) is 1.73. The third kappa shape index (κ3) is 10.8. The fraction of sp³-hybridized carbons (Fsp3) is 0.556. The van der Waals surface area contributed by atoms with Crippen LogP contribution in [0.3, 0.4) is 0 Å². The Balaban J connectivity index is 1.76. The van der Waals surface area contributed by atoms with Crippen LogP contribution in [0.2, 0.25) is 0 Å². The summed E-state index contributed by atoms with van der Waals surface area (Å²) in [4.78, 5) is 41.5. The van der Waals surface area contributed by atoms with E-state index in [1.807, 2.05) is 70.3 Å². The molecule has 0 aliphatic heterocycles. The Morgan fingerprint density at radius 1 is 1.00 bits per heavy atom. The van der Waals surface area contributed by atoms with E-state index in [9.17, 15) is 14.4 Å². The standard InChI is InChI=1S/C27H39N3O5S/c1-18(2)14-22(30-27(33)35-16-21-11-7-6-8-12-21)24(31)28-13-9-10-20(5)23-17-36-25(29-23)26(32)34-15-19(3)4/h6-8,11-12,17-20,22H,9-10,13-16H2,1-5H3,(H,28,31)(H,30,33)/t20?,22-/m0/s1. The van der Waals surface area contributed by atoms with Crippen LogP contribution in [0.4, 0.5) is 4.79 Å². The Kier molecular flexibility index (Phi) is 12.4. The summed E-state index contributed by atoms with van der Waals surface area (Å²) in [5.74, 6) is 0.0312. The zero-order valence-electron chi connectivity index (χ0n) is 21.9. The highest BCUT2D eigenvalue weighted by Gasteiger charge is 2.23. The van der Waals surface area contributed by atoms with Gasteiger partial charge in [-0.3, -0.25) is 4.79 Å². The molecule has 1 aromatic heterocycles. The Morgan fingerprint density at radius 3 is 2.39 bits per heavy atom. The van der Waals surface area contributed by atoms with E-state index in [0.717, 1.165) is 24.1 Å². The molecule has 0 saturated carbocycles. The number of hydrogen-bond donors (Lipinski definition) is 2. The number of alkyl carbamates (subject to hydrolysis) is 1. The molecule has 0 fully saturated rings. The molecule has 0 saturated heterocycles. The zero-order valence-corrected chi connectivity index (χ0v) is 22.7. The van der Waals surface area contributed by atoms with E-state index in [0.29, 0.717) is 24.6 Å². The van der Waals surface area contributed by atoms with Crippen molar-refractivity contribution in [1.82, 2.24) is 15.6 Å². The van der Waals surface area contributed by atoms with Crippen molar-refractivity contribution >= 4 is 29.3 Å². The fourth-order valence-corrected chi connectivity index (χ4v) is 4.24. The molecule has 1 aromatic carbocycles. The first-order valence-corrected chi connectivity index (χ1v) is 13.4. The van der Waals surface area contributed by atoms with Crippen LogP contribution in [0.1, 0.15) is 80.9 Å². The molecule has 1 heterocycles. The first-order valence-electron chi connectivity index (χ1n) is 12.5. The van der Waals surface area contributed by atoms with Crippen molar-refractivity contribution in [2.45, 2.75) is 72.4 Å². The van der Waals surface area contributed by atoms with E-state index in [4.69, 9.17) is 9.47 Å². The number of rotatable bonds is 14. The van der Waals surface area contributed by atoms with Crippen LogP contribution in [0.25, 0.3) is 0 Å². The van der Waals surface area contributed by atoms with Crippen molar-refractivity contribution in [1.29, 1.82) is 0 Å². The highest BCUT2D eigenvalue weighted by atomic mass is 32.1. The molecular weight excluding hydrogens is 478 g/mol. The number of nitrogens with one attached hydrogen (secondary N) is 2. The maximum atomic E-state index is 12.7. The third-order valence-electron chi connectivity index (χ3n) is 5.39. The minimum absolute atomic E-state index is 0.141. The van der Waals surface area contributed by atoms with E-state index in [1.54, 1.807) is 0 Å². The van der Waals surface area contributed by atoms with Crippen molar-refractivity contribution in [3.63, 3.8) is 0 Å². The fourth-order valence-electron chi connectivity index (χ4n) is 3.41.